The van der Waals surface area contributed by atoms with E-state index in [1.54, 1.807) is 0 Å². The van der Waals surface area contributed by atoms with Crippen LogP contribution >= 0.6 is 0 Å². The minimum atomic E-state index is 0.661. The highest BCUT2D eigenvalue weighted by Gasteiger charge is 2.10. The summed E-state index contributed by atoms with van der Waals surface area (Å²) in [4.78, 5) is 4.60. The van der Waals surface area contributed by atoms with Crippen LogP contribution in [-0.2, 0) is 13.5 Å². The van der Waals surface area contributed by atoms with E-state index in [0.717, 1.165) is 29.7 Å². The van der Waals surface area contributed by atoms with Crippen LogP contribution in [0.4, 0.5) is 0 Å². The van der Waals surface area contributed by atoms with Crippen molar-refractivity contribution in [2.75, 3.05) is 0 Å². The Morgan fingerprint density at radius 2 is 2.18 bits per heavy atom. The van der Waals surface area contributed by atoms with Crippen LogP contribution in [0.3, 0.4) is 0 Å². The largest absolute Gasteiger partial charge is 0.331 e. The van der Waals surface area contributed by atoms with Gasteiger partial charge in [0, 0.05) is 13.5 Å². The van der Waals surface area contributed by atoms with Crippen LogP contribution in [-0.4, -0.2) is 9.55 Å². The van der Waals surface area contributed by atoms with Crippen LogP contribution in [0.2, 0.25) is 0 Å². The summed E-state index contributed by atoms with van der Waals surface area (Å²) in [7, 11) is 2.02. The molecule has 1 heterocycles. The number of nitrogens with zero attached hydrogens (tertiary/aromatic N) is 3. The van der Waals surface area contributed by atoms with Crippen molar-refractivity contribution >= 4 is 11.0 Å². The highest BCUT2D eigenvalue weighted by atomic mass is 15.1. The van der Waals surface area contributed by atoms with Gasteiger partial charge in [-0.3, -0.25) is 0 Å². The highest BCUT2D eigenvalue weighted by Crippen LogP contribution is 2.20. The van der Waals surface area contributed by atoms with Crippen LogP contribution in [0.1, 0.15) is 31.7 Å². The molecule has 0 saturated heterocycles. The lowest BCUT2D eigenvalue weighted by molar-refractivity contribution is 0.568. The third kappa shape index (κ3) is 2.16. The van der Waals surface area contributed by atoms with E-state index in [4.69, 9.17) is 5.26 Å². The lowest BCUT2D eigenvalue weighted by atomic mass is 10.1. The van der Waals surface area contributed by atoms with Gasteiger partial charge in [0.15, 0.2) is 0 Å². The second kappa shape index (κ2) is 4.58. The van der Waals surface area contributed by atoms with Gasteiger partial charge in [-0.15, -0.1) is 0 Å². The number of rotatable bonds is 3. The fraction of sp³-hybridized carbons (Fsp3) is 0.429. The van der Waals surface area contributed by atoms with E-state index in [0.29, 0.717) is 11.5 Å². The summed E-state index contributed by atoms with van der Waals surface area (Å²) in [6, 6.07) is 7.95. The summed E-state index contributed by atoms with van der Waals surface area (Å²) in [6.07, 6.45) is 2.09. The molecule has 0 fully saturated rings. The maximum atomic E-state index is 9.05. The van der Waals surface area contributed by atoms with Crippen molar-refractivity contribution in [3.63, 3.8) is 0 Å². The fourth-order valence-corrected chi connectivity index (χ4v) is 1.99. The number of imidazole rings is 1. The number of fused-ring (bicyclic) bond motifs is 1. The molecule has 0 saturated carbocycles. The van der Waals surface area contributed by atoms with Crippen LogP contribution in [0.25, 0.3) is 11.0 Å². The molecule has 0 aliphatic heterocycles. The summed E-state index contributed by atoms with van der Waals surface area (Å²) < 4.78 is 2.10. The van der Waals surface area contributed by atoms with Gasteiger partial charge in [0.2, 0.25) is 0 Å². The van der Waals surface area contributed by atoms with Crippen molar-refractivity contribution in [2.24, 2.45) is 13.0 Å². The maximum Gasteiger partial charge on any atom is 0.109 e. The number of aromatic nitrogens is 2. The molecule has 3 nitrogen and oxygen atoms in total. The molecule has 0 radical (unpaired) electrons. The summed E-state index contributed by atoms with van der Waals surface area (Å²) >= 11 is 0. The molecule has 0 atom stereocenters. The first kappa shape index (κ1) is 11.7. The monoisotopic (exact) mass is 227 g/mol. The smallest absolute Gasteiger partial charge is 0.109 e. The number of benzene rings is 1. The molecular formula is C14H17N3. The third-order valence-electron chi connectivity index (χ3n) is 3.07. The standard InChI is InChI=1S/C14H17N3/c1-10(2)7-8-13-16-14-11(9-15)5-4-6-12(14)17(13)3/h4-6,10H,7-8H2,1-3H3. The van der Waals surface area contributed by atoms with Crippen molar-refractivity contribution in [1.82, 2.24) is 9.55 Å². The van der Waals surface area contributed by atoms with E-state index >= 15 is 0 Å². The zero-order valence-corrected chi connectivity index (χ0v) is 10.6. The second-order valence-electron chi connectivity index (χ2n) is 4.80. The average Bonchev–Trinajstić information content (AvgIpc) is 2.64. The van der Waals surface area contributed by atoms with Gasteiger partial charge < -0.3 is 4.57 Å². The first-order valence-corrected chi connectivity index (χ1v) is 5.98. The van der Waals surface area contributed by atoms with E-state index in [2.05, 4.69) is 29.5 Å². The molecule has 2 aromatic rings. The molecule has 1 aromatic heterocycles. The summed E-state index contributed by atoms with van der Waals surface area (Å²) in [5.41, 5.74) is 2.54. The quantitative estimate of drug-likeness (QED) is 0.808. The first-order chi connectivity index (χ1) is 8.13. The van der Waals surface area contributed by atoms with E-state index in [9.17, 15) is 0 Å². The SMILES string of the molecule is CC(C)CCc1nc2c(C#N)cccc2n1C. The predicted molar refractivity (Wildman–Crippen MR) is 68.6 cm³/mol. The first-order valence-electron chi connectivity index (χ1n) is 5.98. The van der Waals surface area contributed by atoms with Crippen LogP contribution < -0.4 is 0 Å². The van der Waals surface area contributed by atoms with E-state index < -0.39 is 0 Å². The van der Waals surface area contributed by atoms with Gasteiger partial charge >= 0.3 is 0 Å². The molecule has 1 aromatic carbocycles. The molecule has 0 spiro atoms. The normalized spacial score (nSPS) is 11.0. The maximum absolute atomic E-state index is 9.05. The Hall–Kier alpha value is -1.82. The summed E-state index contributed by atoms with van der Waals surface area (Å²) in [6.45, 7) is 4.42. The molecule has 0 bridgehead atoms. The number of para-hydroxylation sites is 1. The Kier molecular flexibility index (Phi) is 3.14. The fourth-order valence-electron chi connectivity index (χ4n) is 1.99. The third-order valence-corrected chi connectivity index (χ3v) is 3.07. The molecule has 0 unspecified atom stereocenters. The van der Waals surface area contributed by atoms with E-state index in [1.807, 2.05) is 25.2 Å². The number of aryl methyl sites for hydroxylation is 2. The average molecular weight is 227 g/mol. The molecule has 17 heavy (non-hydrogen) atoms. The van der Waals surface area contributed by atoms with E-state index in [1.165, 1.54) is 0 Å². The van der Waals surface area contributed by atoms with Gasteiger partial charge in [0.05, 0.1) is 11.1 Å². The van der Waals surface area contributed by atoms with Crippen LogP contribution in [0, 0.1) is 17.2 Å². The van der Waals surface area contributed by atoms with Crippen LogP contribution in [0.5, 0.6) is 0 Å². The molecule has 3 heteroatoms. The Morgan fingerprint density at radius 1 is 1.41 bits per heavy atom. The molecule has 88 valence electrons. The lowest BCUT2D eigenvalue weighted by Crippen LogP contribution is -2.00. The van der Waals surface area contributed by atoms with E-state index in [-0.39, 0.29) is 0 Å². The van der Waals surface area contributed by atoms with Crippen molar-refractivity contribution in [3.05, 3.63) is 29.6 Å². The summed E-state index contributed by atoms with van der Waals surface area (Å²) in [5, 5.41) is 9.05. The zero-order chi connectivity index (χ0) is 12.4. The molecule has 0 amide bonds. The minimum Gasteiger partial charge on any atom is -0.331 e. The predicted octanol–water partition coefficient (Wildman–Crippen LogP) is 3.03. The van der Waals surface area contributed by atoms with Crippen molar-refractivity contribution in [2.45, 2.75) is 26.7 Å². The van der Waals surface area contributed by atoms with Crippen molar-refractivity contribution in [3.8, 4) is 6.07 Å². The summed E-state index contributed by atoms with van der Waals surface area (Å²) in [5.74, 6) is 1.74. The zero-order valence-electron chi connectivity index (χ0n) is 10.6. The van der Waals surface area contributed by atoms with Gasteiger partial charge in [0.25, 0.3) is 0 Å². The van der Waals surface area contributed by atoms with Gasteiger partial charge in [-0.05, 0) is 24.5 Å². The molecule has 0 aliphatic rings. The number of hydrogen-bond donors (Lipinski definition) is 0. The molecule has 2 rings (SSSR count). The van der Waals surface area contributed by atoms with Crippen molar-refractivity contribution in [1.29, 1.82) is 5.26 Å². The molecule has 0 N–H and O–H groups in total. The van der Waals surface area contributed by atoms with Gasteiger partial charge in [-0.1, -0.05) is 19.9 Å². The lowest BCUT2D eigenvalue weighted by Gasteiger charge is -2.04. The minimum absolute atomic E-state index is 0.661. The Labute approximate surface area is 102 Å². The Morgan fingerprint density at radius 3 is 2.82 bits per heavy atom. The number of nitriles is 1. The second-order valence-corrected chi connectivity index (χ2v) is 4.80. The van der Waals surface area contributed by atoms with Gasteiger partial charge in [-0.25, -0.2) is 4.98 Å². The van der Waals surface area contributed by atoms with Crippen LogP contribution in [0.15, 0.2) is 18.2 Å². The van der Waals surface area contributed by atoms with Gasteiger partial charge in [0.1, 0.15) is 17.4 Å². The van der Waals surface area contributed by atoms with Gasteiger partial charge in [-0.2, -0.15) is 5.26 Å². The topological polar surface area (TPSA) is 41.6 Å². The molecular weight excluding hydrogens is 210 g/mol. The Bertz CT molecular complexity index is 573. The highest BCUT2D eigenvalue weighted by molar-refractivity contribution is 5.82. The Balaban J connectivity index is 2.46. The molecule has 0 aliphatic carbocycles. The van der Waals surface area contributed by atoms with Crippen molar-refractivity contribution < 1.29 is 0 Å². The number of hydrogen-bond acceptors (Lipinski definition) is 2.